The van der Waals surface area contributed by atoms with Gasteiger partial charge in [-0.05, 0) is 42.8 Å². The minimum Gasteiger partial charge on any atom is -0.273 e. The van der Waals surface area contributed by atoms with E-state index in [1.807, 2.05) is 13.0 Å². The van der Waals surface area contributed by atoms with Crippen molar-refractivity contribution in [3.63, 3.8) is 0 Å². The Hall–Kier alpha value is -4.07. The number of imide groups is 2. The number of nitrogens with one attached hydrogen (secondary N) is 1. The van der Waals surface area contributed by atoms with Crippen LogP contribution in [-0.4, -0.2) is 22.8 Å². The van der Waals surface area contributed by atoms with Crippen LogP contribution >= 0.6 is 0 Å². The lowest BCUT2D eigenvalue weighted by Crippen LogP contribution is -2.54. The number of benzene rings is 2. The lowest BCUT2D eigenvalue weighted by Gasteiger charge is -2.26. The molecule has 0 radical (unpaired) electrons. The molecule has 2 aromatic rings. The smallest absolute Gasteiger partial charge is 0.273 e. The number of carbonyl (C=O) groups is 3. The summed E-state index contributed by atoms with van der Waals surface area (Å²) in [5.41, 5.74) is 1.14. The highest BCUT2D eigenvalue weighted by Gasteiger charge is 2.36. The summed E-state index contributed by atoms with van der Waals surface area (Å²) in [6.07, 6.45) is 4.00. The molecule has 0 atom stereocenters. The standard InChI is InChI=1S/C20H15N3O5/c1-13-6-4-9-15(12-13)22-19(25)16(18(24)21-20(22)26)10-5-8-14-7-2-3-11-17(14)23(27)28/h2-12H,1H3,(H,21,24,26)/b8-5+,16-10+. The van der Waals surface area contributed by atoms with E-state index in [1.54, 1.807) is 30.3 Å². The SMILES string of the molecule is Cc1cccc(N2C(=O)NC(=O)/C(=C\C=C\c3ccccc3[N+](=O)[O-])C2=O)c1. The molecule has 1 fully saturated rings. The Kier molecular flexibility index (Phi) is 5.12. The molecule has 1 aliphatic rings. The molecule has 0 unspecified atom stereocenters. The largest absolute Gasteiger partial charge is 0.335 e. The van der Waals surface area contributed by atoms with Gasteiger partial charge in [0.15, 0.2) is 0 Å². The number of urea groups is 1. The van der Waals surface area contributed by atoms with E-state index < -0.39 is 22.8 Å². The zero-order valence-corrected chi connectivity index (χ0v) is 14.8. The average molecular weight is 377 g/mol. The number of rotatable bonds is 4. The molecular weight excluding hydrogens is 362 g/mol. The van der Waals surface area contributed by atoms with Crippen LogP contribution in [-0.2, 0) is 9.59 Å². The first-order chi connectivity index (χ1) is 13.4. The molecule has 8 heteroatoms. The molecule has 1 saturated heterocycles. The highest BCUT2D eigenvalue weighted by molar-refractivity contribution is 6.37. The summed E-state index contributed by atoms with van der Waals surface area (Å²) in [6, 6.07) is 12.0. The van der Waals surface area contributed by atoms with Crippen LogP contribution in [0.2, 0.25) is 0 Å². The molecule has 0 spiro atoms. The highest BCUT2D eigenvalue weighted by Crippen LogP contribution is 2.22. The van der Waals surface area contributed by atoms with Crippen LogP contribution in [0.25, 0.3) is 6.08 Å². The van der Waals surface area contributed by atoms with Crippen molar-refractivity contribution in [3.8, 4) is 0 Å². The topological polar surface area (TPSA) is 110 Å². The number of aryl methyl sites for hydroxylation is 1. The van der Waals surface area contributed by atoms with Gasteiger partial charge in [0, 0.05) is 6.07 Å². The third-order valence-electron chi connectivity index (χ3n) is 4.03. The maximum absolute atomic E-state index is 12.7. The molecule has 1 aliphatic heterocycles. The molecule has 0 aromatic heterocycles. The Balaban J connectivity index is 1.93. The molecule has 140 valence electrons. The first kappa shape index (κ1) is 18.7. The molecule has 3 rings (SSSR count). The van der Waals surface area contributed by atoms with E-state index in [-0.39, 0.29) is 11.3 Å². The number of hydrogen-bond acceptors (Lipinski definition) is 5. The van der Waals surface area contributed by atoms with Crippen molar-refractivity contribution in [2.75, 3.05) is 4.90 Å². The zero-order chi connectivity index (χ0) is 20.3. The highest BCUT2D eigenvalue weighted by atomic mass is 16.6. The molecule has 0 saturated carbocycles. The Morgan fingerprint density at radius 1 is 1.07 bits per heavy atom. The van der Waals surface area contributed by atoms with Crippen molar-refractivity contribution in [2.45, 2.75) is 6.92 Å². The van der Waals surface area contributed by atoms with Gasteiger partial charge in [-0.25, -0.2) is 9.69 Å². The number of hydrogen-bond donors (Lipinski definition) is 1. The second-order valence-electron chi connectivity index (χ2n) is 5.99. The van der Waals surface area contributed by atoms with Gasteiger partial charge in [0.2, 0.25) is 0 Å². The first-order valence-corrected chi connectivity index (χ1v) is 8.26. The number of amides is 4. The lowest BCUT2D eigenvalue weighted by atomic mass is 10.1. The van der Waals surface area contributed by atoms with Gasteiger partial charge >= 0.3 is 6.03 Å². The minimum atomic E-state index is -0.833. The Morgan fingerprint density at radius 2 is 1.82 bits per heavy atom. The van der Waals surface area contributed by atoms with Crippen LogP contribution in [0.5, 0.6) is 0 Å². The summed E-state index contributed by atoms with van der Waals surface area (Å²) < 4.78 is 0. The summed E-state index contributed by atoms with van der Waals surface area (Å²) in [6.45, 7) is 1.81. The number of nitrogens with zero attached hydrogens (tertiary/aromatic N) is 2. The van der Waals surface area contributed by atoms with Gasteiger partial charge in [-0.2, -0.15) is 0 Å². The maximum Gasteiger partial charge on any atom is 0.335 e. The van der Waals surface area contributed by atoms with Crippen LogP contribution in [0.4, 0.5) is 16.2 Å². The molecular formula is C20H15N3O5. The summed E-state index contributed by atoms with van der Waals surface area (Å²) in [5.74, 6) is -1.60. The van der Waals surface area contributed by atoms with Gasteiger partial charge in [0.25, 0.3) is 17.5 Å². The average Bonchev–Trinajstić information content (AvgIpc) is 2.64. The van der Waals surface area contributed by atoms with Crippen molar-refractivity contribution in [1.29, 1.82) is 0 Å². The van der Waals surface area contributed by atoms with Crippen molar-refractivity contribution in [2.24, 2.45) is 0 Å². The van der Waals surface area contributed by atoms with E-state index >= 15 is 0 Å². The van der Waals surface area contributed by atoms with Gasteiger partial charge < -0.3 is 0 Å². The summed E-state index contributed by atoms with van der Waals surface area (Å²) in [5, 5.41) is 13.2. The molecule has 4 amide bonds. The normalized spacial score (nSPS) is 16.0. The minimum absolute atomic E-state index is 0.104. The van der Waals surface area contributed by atoms with E-state index in [0.717, 1.165) is 10.5 Å². The Morgan fingerprint density at radius 3 is 2.54 bits per heavy atom. The van der Waals surface area contributed by atoms with Crippen molar-refractivity contribution < 1.29 is 19.3 Å². The summed E-state index contributed by atoms with van der Waals surface area (Å²) >= 11 is 0. The van der Waals surface area contributed by atoms with E-state index in [4.69, 9.17) is 0 Å². The second kappa shape index (κ2) is 7.67. The van der Waals surface area contributed by atoms with Crippen molar-refractivity contribution in [3.05, 3.63) is 87.5 Å². The van der Waals surface area contributed by atoms with Gasteiger partial charge in [-0.3, -0.25) is 25.0 Å². The fourth-order valence-corrected chi connectivity index (χ4v) is 2.72. The predicted octanol–water partition coefficient (Wildman–Crippen LogP) is 3.13. The molecule has 0 bridgehead atoms. The van der Waals surface area contributed by atoms with Crippen LogP contribution in [0.15, 0.2) is 66.3 Å². The van der Waals surface area contributed by atoms with Crippen LogP contribution in [0.3, 0.4) is 0 Å². The van der Waals surface area contributed by atoms with Crippen LogP contribution in [0.1, 0.15) is 11.1 Å². The van der Waals surface area contributed by atoms with Gasteiger partial charge in [0.05, 0.1) is 16.2 Å². The van der Waals surface area contributed by atoms with Crippen molar-refractivity contribution in [1.82, 2.24) is 5.32 Å². The number of nitro groups is 1. The molecule has 0 aliphatic carbocycles. The van der Waals surface area contributed by atoms with Crippen LogP contribution in [0, 0.1) is 17.0 Å². The Bertz CT molecular complexity index is 1060. The van der Waals surface area contributed by atoms with E-state index in [9.17, 15) is 24.5 Å². The molecule has 2 aromatic carbocycles. The maximum atomic E-state index is 12.7. The summed E-state index contributed by atoms with van der Waals surface area (Å²) in [4.78, 5) is 48.3. The fraction of sp³-hybridized carbons (Fsp3) is 0.0500. The van der Waals surface area contributed by atoms with E-state index in [1.165, 1.54) is 30.4 Å². The predicted molar refractivity (Wildman–Crippen MR) is 102 cm³/mol. The molecule has 1 heterocycles. The number of nitro benzene ring substituents is 1. The number of para-hydroxylation sites is 1. The van der Waals surface area contributed by atoms with E-state index in [2.05, 4.69) is 5.32 Å². The quantitative estimate of drug-likeness (QED) is 0.381. The number of barbiturate groups is 1. The van der Waals surface area contributed by atoms with Gasteiger partial charge in [-0.15, -0.1) is 0 Å². The summed E-state index contributed by atoms with van der Waals surface area (Å²) in [7, 11) is 0. The number of anilines is 1. The third-order valence-corrected chi connectivity index (χ3v) is 4.03. The third kappa shape index (κ3) is 3.70. The number of carbonyl (C=O) groups excluding carboxylic acids is 3. The van der Waals surface area contributed by atoms with E-state index in [0.29, 0.717) is 11.3 Å². The molecule has 1 N–H and O–H groups in total. The lowest BCUT2D eigenvalue weighted by molar-refractivity contribution is -0.385. The second-order valence-corrected chi connectivity index (χ2v) is 5.99. The molecule has 28 heavy (non-hydrogen) atoms. The van der Waals surface area contributed by atoms with Crippen LogP contribution < -0.4 is 10.2 Å². The number of allylic oxidation sites excluding steroid dienone is 2. The van der Waals surface area contributed by atoms with Gasteiger partial charge in [0.1, 0.15) is 5.57 Å². The fourth-order valence-electron chi connectivity index (χ4n) is 2.72. The Labute approximate surface area is 159 Å². The zero-order valence-electron chi connectivity index (χ0n) is 14.8. The molecule has 8 nitrogen and oxygen atoms in total. The monoisotopic (exact) mass is 377 g/mol. The van der Waals surface area contributed by atoms with Crippen molar-refractivity contribution >= 4 is 35.3 Å². The van der Waals surface area contributed by atoms with Gasteiger partial charge in [-0.1, -0.05) is 30.3 Å². The first-order valence-electron chi connectivity index (χ1n) is 8.26.